The number of non-ortho nitro benzene ring substituents is 1. The number of ketones is 1. The van der Waals surface area contributed by atoms with Gasteiger partial charge in [0.25, 0.3) is 11.4 Å². The van der Waals surface area contributed by atoms with Crippen molar-refractivity contribution in [2.75, 3.05) is 6.61 Å². The number of hydrogen-bond donors (Lipinski definition) is 0. The number of nitro benzene ring substituents is 1. The summed E-state index contributed by atoms with van der Waals surface area (Å²) in [5, 5.41) is 23.5. The topological polar surface area (TPSA) is 136 Å². The molecular formula is C20H17N3O7. The molecule has 1 heterocycles. The summed E-state index contributed by atoms with van der Waals surface area (Å²) < 4.78 is 11.0. The number of fused-ring (bicyclic) bond motifs is 1. The van der Waals surface area contributed by atoms with E-state index in [-0.39, 0.29) is 28.2 Å². The maximum absolute atomic E-state index is 12.8. The van der Waals surface area contributed by atoms with Crippen molar-refractivity contribution < 1.29 is 28.7 Å². The van der Waals surface area contributed by atoms with Gasteiger partial charge in [-0.15, -0.1) is 0 Å². The van der Waals surface area contributed by atoms with Crippen LogP contribution in [0.2, 0.25) is 0 Å². The smallest absolute Gasteiger partial charge is 0.338 e. The Morgan fingerprint density at radius 2 is 1.87 bits per heavy atom. The van der Waals surface area contributed by atoms with Crippen LogP contribution in [-0.4, -0.2) is 28.3 Å². The third-order valence-corrected chi connectivity index (χ3v) is 4.20. The zero-order valence-electron chi connectivity index (χ0n) is 16.2. The molecule has 0 atom stereocenters. The van der Waals surface area contributed by atoms with Crippen LogP contribution in [0.3, 0.4) is 0 Å². The average molecular weight is 411 g/mol. The van der Waals surface area contributed by atoms with Crippen molar-refractivity contribution in [3.63, 3.8) is 0 Å². The van der Waals surface area contributed by atoms with Crippen LogP contribution in [-0.2, 0) is 11.3 Å². The Hall–Kier alpha value is -4.08. The molecule has 0 bridgehead atoms. The lowest BCUT2D eigenvalue weighted by molar-refractivity contribution is -0.580. The van der Waals surface area contributed by atoms with Crippen molar-refractivity contribution in [2.24, 2.45) is 0 Å². The number of nitrogens with zero attached hydrogens (tertiary/aromatic N) is 3. The summed E-state index contributed by atoms with van der Waals surface area (Å²) in [5.74, 6) is -0.851. The van der Waals surface area contributed by atoms with E-state index in [0.29, 0.717) is 22.6 Å². The highest BCUT2D eigenvalue weighted by atomic mass is 16.6. The predicted octanol–water partition coefficient (Wildman–Crippen LogP) is 2.73. The Morgan fingerprint density at radius 1 is 1.17 bits per heavy atom. The molecule has 1 aromatic heterocycles. The van der Waals surface area contributed by atoms with Gasteiger partial charge < -0.3 is 14.7 Å². The number of aromatic nitrogens is 2. The second kappa shape index (κ2) is 8.52. The lowest BCUT2D eigenvalue weighted by atomic mass is 10.2. The van der Waals surface area contributed by atoms with Crippen molar-refractivity contribution in [3.05, 3.63) is 74.7 Å². The average Bonchev–Trinajstić information content (AvgIpc) is 2.72. The van der Waals surface area contributed by atoms with Crippen LogP contribution in [0.25, 0.3) is 11.0 Å². The van der Waals surface area contributed by atoms with Crippen LogP contribution in [0.1, 0.15) is 40.4 Å². The number of carbonyl (C=O) groups excluding carboxylic acids is 2. The van der Waals surface area contributed by atoms with Gasteiger partial charge in [0.05, 0.1) is 23.2 Å². The van der Waals surface area contributed by atoms with Crippen LogP contribution in [0, 0.1) is 15.3 Å². The Labute approximate surface area is 170 Å². The highest BCUT2D eigenvalue weighted by Crippen LogP contribution is 2.20. The molecule has 3 aromatic rings. The monoisotopic (exact) mass is 411 g/mol. The summed E-state index contributed by atoms with van der Waals surface area (Å²) in [6, 6.07) is 9.55. The first-order valence-electron chi connectivity index (χ1n) is 8.93. The van der Waals surface area contributed by atoms with E-state index in [1.165, 1.54) is 37.3 Å². The number of esters is 1. The Bertz CT molecular complexity index is 1140. The minimum atomic E-state index is -0.773. The molecule has 2 aromatic carbocycles. The molecule has 0 saturated carbocycles. The molecule has 0 radical (unpaired) electrons. The predicted molar refractivity (Wildman–Crippen MR) is 104 cm³/mol. The van der Waals surface area contributed by atoms with E-state index in [1.807, 2.05) is 0 Å². The van der Waals surface area contributed by atoms with Gasteiger partial charge in [-0.25, -0.2) is 9.78 Å². The third-order valence-electron chi connectivity index (χ3n) is 4.20. The number of Topliss-reactive ketones (excluding diaryl/α,β-unsaturated/α-hetero) is 1. The van der Waals surface area contributed by atoms with Crippen molar-refractivity contribution >= 4 is 28.5 Å². The molecule has 10 heteroatoms. The lowest BCUT2D eigenvalue weighted by Gasteiger charge is -2.11. The normalized spacial score (nSPS) is 10.6. The van der Waals surface area contributed by atoms with Gasteiger partial charge in [-0.3, -0.25) is 14.9 Å². The van der Waals surface area contributed by atoms with Crippen molar-refractivity contribution in [2.45, 2.75) is 20.5 Å². The molecular weight excluding hydrogens is 394 g/mol. The van der Waals surface area contributed by atoms with E-state index in [9.17, 15) is 24.9 Å². The third kappa shape index (κ3) is 4.17. The van der Waals surface area contributed by atoms with Crippen molar-refractivity contribution in [1.82, 2.24) is 4.98 Å². The standard InChI is InChI=1S/C20H17N3O7/c1-3-29-15-8-9-16-18(10-15)22(26)19(12(2)24)17(21-16)11-30-20(25)13-4-6-14(7-5-13)23(27)28/h4-10H,3,11H2,1-2H3. The molecule has 0 spiro atoms. The van der Waals surface area contributed by atoms with Gasteiger partial charge in [-0.1, -0.05) is 0 Å². The number of nitro groups is 1. The van der Waals surface area contributed by atoms with E-state index in [1.54, 1.807) is 19.1 Å². The summed E-state index contributed by atoms with van der Waals surface area (Å²) in [7, 11) is 0. The Balaban J connectivity index is 1.90. The number of carbonyl (C=O) groups is 2. The quantitative estimate of drug-likeness (QED) is 0.145. The summed E-state index contributed by atoms with van der Waals surface area (Å²) in [6.07, 6.45) is 0. The fourth-order valence-corrected chi connectivity index (χ4v) is 2.84. The van der Waals surface area contributed by atoms with E-state index < -0.39 is 23.3 Å². The number of rotatable bonds is 7. The fourth-order valence-electron chi connectivity index (χ4n) is 2.84. The van der Waals surface area contributed by atoms with Gasteiger partial charge in [0.1, 0.15) is 17.9 Å². The van der Waals surface area contributed by atoms with Gasteiger partial charge in [-0.2, -0.15) is 4.73 Å². The minimum Gasteiger partial charge on any atom is -0.618 e. The van der Waals surface area contributed by atoms with Gasteiger partial charge in [0.2, 0.25) is 11.3 Å². The second-order valence-corrected chi connectivity index (χ2v) is 6.22. The first-order valence-corrected chi connectivity index (χ1v) is 8.93. The van der Waals surface area contributed by atoms with Crippen molar-refractivity contribution in [1.29, 1.82) is 0 Å². The molecule has 0 N–H and O–H groups in total. The van der Waals surface area contributed by atoms with Crippen molar-refractivity contribution in [3.8, 4) is 5.75 Å². The highest BCUT2D eigenvalue weighted by molar-refractivity contribution is 5.93. The van der Waals surface area contributed by atoms with Crippen LogP contribution in [0.15, 0.2) is 42.5 Å². The number of ether oxygens (including phenoxy) is 2. The summed E-state index contributed by atoms with van der Waals surface area (Å²) in [4.78, 5) is 38.7. The molecule has 0 unspecified atom stereocenters. The molecule has 0 aliphatic rings. The molecule has 0 fully saturated rings. The first-order chi connectivity index (χ1) is 14.3. The molecule has 10 nitrogen and oxygen atoms in total. The number of benzene rings is 2. The second-order valence-electron chi connectivity index (χ2n) is 6.22. The van der Waals surface area contributed by atoms with Gasteiger partial charge >= 0.3 is 5.97 Å². The largest absolute Gasteiger partial charge is 0.618 e. The first kappa shape index (κ1) is 20.6. The molecule has 154 valence electrons. The van der Waals surface area contributed by atoms with E-state index >= 15 is 0 Å². The van der Waals surface area contributed by atoms with Gasteiger partial charge in [-0.05, 0) is 31.2 Å². The molecule has 30 heavy (non-hydrogen) atoms. The van der Waals surface area contributed by atoms with E-state index in [0.717, 1.165) is 0 Å². The molecule has 0 aliphatic carbocycles. The van der Waals surface area contributed by atoms with Crippen LogP contribution >= 0.6 is 0 Å². The molecule has 0 saturated heterocycles. The summed E-state index contributed by atoms with van der Waals surface area (Å²) in [6.45, 7) is 3.01. The SMILES string of the molecule is CCOc1ccc2nc(COC(=O)c3ccc([N+](=O)[O-])cc3)c(C(C)=O)[n+]([O-])c2c1. The minimum absolute atomic E-state index is 0.00409. The Kier molecular flexibility index (Phi) is 5.86. The summed E-state index contributed by atoms with van der Waals surface area (Å²) in [5.41, 5.74) is 0.135. The van der Waals surface area contributed by atoms with Crippen LogP contribution in [0.4, 0.5) is 5.69 Å². The van der Waals surface area contributed by atoms with Gasteiger partial charge in [0.15, 0.2) is 5.69 Å². The van der Waals surface area contributed by atoms with Crippen LogP contribution in [0.5, 0.6) is 5.75 Å². The maximum atomic E-state index is 12.8. The molecule has 0 aliphatic heterocycles. The van der Waals surface area contributed by atoms with Gasteiger partial charge in [0, 0.05) is 19.1 Å². The lowest BCUT2D eigenvalue weighted by Crippen LogP contribution is -2.37. The molecule has 0 amide bonds. The van der Waals surface area contributed by atoms with E-state index in [4.69, 9.17) is 9.47 Å². The van der Waals surface area contributed by atoms with E-state index in [2.05, 4.69) is 4.98 Å². The number of hydrogen-bond acceptors (Lipinski definition) is 8. The fraction of sp³-hybridized carbons (Fsp3) is 0.200. The zero-order chi connectivity index (χ0) is 21.8. The zero-order valence-corrected chi connectivity index (χ0v) is 16.2. The summed E-state index contributed by atoms with van der Waals surface area (Å²) >= 11 is 0. The highest BCUT2D eigenvalue weighted by Gasteiger charge is 2.25. The van der Waals surface area contributed by atoms with Crippen LogP contribution < -0.4 is 9.47 Å². The molecule has 3 rings (SSSR count). The maximum Gasteiger partial charge on any atom is 0.338 e. The Morgan fingerprint density at radius 3 is 2.47 bits per heavy atom.